The molecular formula is C29H55NO7Si3. The lowest BCUT2D eigenvalue weighted by Crippen LogP contribution is -2.71. The van der Waals surface area contributed by atoms with Crippen LogP contribution >= 0.6 is 0 Å². The second-order valence-corrected chi connectivity index (χ2v) is 27.9. The molecule has 0 bridgehead atoms. The molecule has 2 aliphatic rings. The molecule has 1 fully saturated rings. The van der Waals surface area contributed by atoms with Crippen molar-refractivity contribution in [3.63, 3.8) is 0 Å². The number of hydrogen-bond acceptors (Lipinski definition) is 8. The molecule has 11 heteroatoms. The fourth-order valence-electron chi connectivity index (χ4n) is 5.82. The van der Waals surface area contributed by atoms with E-state index in [4.69, 9.17) is 22.8 Å². The van der Waals surface area contributed by atoms with Crippen LogP contribution in [0, 0.1) is 0 Å². The maximum absolute atomic E-state index is 14.5. The lowest BCUT2D eigenvalue weighted by atomic mass is 9.81. The smallest absolute Gasteiger partial charge is 0.343 e. The highest BCUT2D eigenvalue weighted by atomic mass is 28.4. The summed E-state index contributed by atoms with van der Waals surface area (Å²) in [5, 5.41) is 0. The fourth-order valence-corrected chi connectivity index (χ4v) is 10.2. The van der Waals surface area contributed by atoms with Crippen LogP contribution in [0.25, 0.3) is 0 Å². The van der Waals surface area contributed by atoms with Crippen LogP contribution in [-0.4, -0.2) is 90.9 Å². The minimum Gasteiger partial charge on any atom is -0.459 e. The molecule has 0 saturated carbocycles. The average molecular weight is 614 g/mol. The topological polar surface area (TPSA) is 83.5 Å². The Morgan fingerprint density at radius 1 is 1.02 bits per heavy atom. The van der Waals surface area contributed by atoms with Crippen LogP contribution in [0.4, 0.5) is 0 Å². The number of rotatable bonds is 13. The van der Waals surface area contributed by atoms with Crippen LogP contribution in [0.1, 0.15) is 41.0 Å². The van der Waals surface area contributed by atoms with Gasteiger partial charge in [0, 0.05) is 18.7 Å². The summed E-state index contributed by atoms with van der Waals surface area (Å²) in [6.07, 6.45) is 3.72. The first kappa shape index (κ1) is 35.1. The predicted molar refractivity (Wildman–Crippen MR) is 168 cm³/mol. The predicted octanol–water partition coefficient (Wildman–Crippen LogP) is 5.88. The van der Waals surface area contributed by atoms with Crippen molar-refractivity contribution in [1.29, 1.82) is 0 Å². The van der Waals surface area contributed by atoms with Gasteiger partial charge in [-0.3, -0.25) is 4.90 Å². The molecule has 1 saturated heterocycles. The van der Waals surface area contributed by atoms with E-state index in [-0.39, 0.29) is 24.7 Å². The molecule has 2 heterocycles. The van der Waals surface area contributed by atoms with Crippen molar-refractivity contribution >= 4 is 36.9 Å². The van der Waals surface area contributed by atoms with Gasteiger partial charge in [-0.2, -0.15) is 0 Å². The van der Waals surface area contributed by atoms with Crippen LogP contribution in [0.2, 0.25) is 58.9 Å². The summed E-state index contributed by atoms with van der Waals surface area (Å²) in [6, 6.07) is -0.101. The van der Waals surface area contributed by atoms with E-state index in [1.807, 2.05) is 27.7 Å². The van der Waals surface area contributed by atoms with E-state index in [0.717, 1.165) is 25.1 Å². The van der Waals surface area contributed by atoms with Gasteiger partial charge in [-0.15, -0.1) is 0 Å². The lowest BCUT2D eigenvalue weighted by Gasteiger charge is -2.52. The van der Waals surface area contributed by atoms with Crippen molar-refractivity contribution in [2.75, 3.05) is 19.7 Å². The highest BCUT2D eigenvalue weighted by Crippen LogP contribution is 2.41. The van der Waals surface area contributed by atoms with Crippen LogP contribution in [-0.2, 0) is 32.3 Å². The second-order valence-electron chi connectivity index (χ2n) is 14.5. The summed E-state index contributed by atoms with van der Waals surface area (Å²) in [5.74, 6) is -0.776. The van der Waals surface area contributed by atoms with Crippen molar-refractivity contribution in [3.8, 4) is 0 Å². The number of esters is 2. The lowest BCUT2D eigenvalue weighted by molar-refractivity contribution is -0.201. The molecule has 230 valence electrons. The second kappa shape index (κ2) is 12.6. The average Bonchev–Trinajstić information content (AvgIpc) is 3.34. The van der Waals surface area contributed by atoms with E-state index in [1.54, 1.807) is 13.0 Å². The van der Waals surface area contributed by atoms with Gasteiger partial charge in [0.15, 0.2) is 25.0 Å². The summed E-state index contributed by atoms with van der Waals surface area (Å²) < 4.78 is 32.2. The standard InChI is InChI=1S/C29H55NO7Si3/c1-15-21(2)26(31)34-24-17-19-30-18-16-23(25(24)30)20-33-27(32)29(37-40(12,13)14,22(3)35-38(6,7)8)28(4,5)36-39(9,10)11/h15-16,22,24-25H,17-20H2,1-14H3/b21-15-/t22-,24+,25+,29-/m0/s1. The number of carbonyl (C=O) groups excluding carboxylic acids is 2. The van der Waals surface area contributed by atoms with Crippen molar-refractivity contribution in [2.24, 2.45) is 0 Å². The Kier molecular flexibility index (Phi) is 11.1. The molecule has 8 nitrogen and oxygen atoms in total. The number of allylic oxidation sites excluding steroid dienone is 1. The number of hydrogen-bond donors (Lipinski definition) is 0. The zero-order valence-electron chi connectivity index (χ0n) is 27.5. The first-order valence-corrected chi connectivity index (χ1v) is 24.8. The van der Waals surface area contributed by atoms with Crippen LogP contribution < -0.4 is 0 Å². The maximum Gasteiger partial charge on any atom is 0.343 e. The van der Waals surface area contributed by atoms with Crippen molar-refractivity contribution in [2.45, 2.75) is 129 Å². The molecule has 40 heavy (non-hydrogen) atoms. The first-order chi connectivity index (χ1) is 18.0. The first-order valence-electron chi connectivity index (χ1n) is 14.6. The molecule has 0 aliphatic carbocycles. The normalized spacial score (nSPS) is 23.4. The number of fused-ring (bicyclic) bond motifs is 1. The van der Waals surface area contributed by atoms with Gasteiger partial charge in [-0.25, -0.2) is 9.59 Å². The highest BCUT2D eigenvalue weighted by molar-refractivity contribution is 6.71. The third-order valence-corrected chi connectivity index (χ3v) is 10.2. The zero-order valence-corrected chi connectivity index (χ0v) is 30.5. The van der Waals surface area contributed by atoms with E-state index in [1.165, 1.54) is 0 Å². The molecule has 0 radical (unpaired) electrons. The van der Waals surface area contributed by atoms with Gasteiger partial charge in [0.2, 0.25) is 5.60 Å². The number of carbonyl (C=O) groups is 2. The van der Waals surface area contributed by atoms with E-state index in [2.05, 4.69) is 69.9 Å². The third kappa shape index (κ3) is 8.71. The Morgan fingerprint density at radius 3 is 2.10 bits per heavy atom. The summed E-state index contributed by atoms with van der Waals surface area (Å²) in [6.45, 7) is 29.9. The molecule has 0 aromatic carbocycles. The highest BCUT2D eigenvalue weighted by Gasteiger charge is 2.62. The fraction of sp³-hybridized carbons (Fsp3) is 0.793. The summed E-state index contributed by atoms with van der Waals surface area (Å²) in [5.41, 5.74) is -0.949. The molecular weight excluding hydrogens is 559 g/mol. The molecule has 2 rings (SSSR count). The Hall–Kier alpha value is -1.09. The molecule has 0 aromatic heterocycles. The quantitative estimate of drug-likeness (QED) is 0.110. The van der Waals surface area contributed by atoms with Gasteiger partial charge in [0.25, 0.3) is 0 Å². The monoisotopic (exact) mass is 613 g/mol. The van der Waals surface area contributed by atoms with Gasteiger partial charge in [-0.1, -0.05) is 12.2 Å². The molecule has 4 atom stereocenters. The zero-order chi connectivity index (χ0) is 30.9. The van der Waals surface area contributed by atoms with Gasteiger partial charge in [0.05, 0.1) is 17.7 Å². The van der Waals surface area contributed by atoms with E-state index >= 15 is 0 Å². The summed E-state index contributed by atoms with van der Waals surface area (Å²) in [7, 11) is -6.52. The van der Waals surface area contributed by atoms with Crippen molar-refractivity contribution < 1.29 is 32.3 Å². The summed E-state index contributed by atoms with van der Waals surface area (Å²) in [4.78, 5) is 29.2. The Balaban J connectivity index is 2.43. The molecule has 0 N–H and O–H groups in total. The minimum atomic E-state index is -2.32. The van der Waals surface area contributed by atoms with Gasteiger partial charge in [-0.05, 0) is 106 Å². The van der Waals surface area contributed by atoms with E-state index < -0.39 is 48.2 Å². The van der Waals surface area contributed by atoms with Crippen LogP contribution in [0.15, 0.2) is 23.3 Å². The third-order valence-electron chi connectivity index (χ3n) is 7.13. The molecule has 0 spiro atoms. The Labute approximate surface area is 246 Å². The Morgan fingerprint density at radius 2 is 1.60 bits per heavy atom. The SMILES string of the molecule is C/C=C(/C)C(=O)O[C@@H]1CCN2CC=C(COC(=O)[C@@](O[Si](C)(C)C)([C@H](C)O[Si](C)(C)C)C(C)(C)O[Si](C)(C)C)[C@H]12. The molecule has 0 amide bonds. The van der Waals surface area contributed by atoms with Gasteiger partial charge in [0.1, 0.15) is 12.7 Å². The Bertz CT molecular complexity index is 991. The molecule has 0 unspecified atom stereocenters. The minimum absolute atomic E-state index is 0.0934. The van der Waals surface area contributed by atoms with Crippen LogP contribution in [0.3, 0.4) is 0 Å². The maximum atomic E-state index is 14.5. The van der Waals surface area contributed by atoms with E-state index in [0.29, 0.717) is 5.57 Å². The van der Waals surface area contributed by atoms with Gasteiger partial charge < -0.3 is 22.8 Å². The number of nitrogens with zero attached hydrogens (tertiary/aromatic N) is 1. The van der Waals surface area contributed by atoms with Crippen LogP contribution in [0.5, 0.6) is 0 Å². The number of ether oxygens (including phenoxy) is 2. The van der Waals surface area contributed by atoms with Crippen molar-refractivity contribution in [3.05, 3.63) is 23.3 Å². The largest absolute Gasteiger partial charge is 0.459 e. The van der Waals surface area contributed by atoms with Gasteiger partial charge >= 0.3 is 11.9 Å². The van der Waals surface area contributed by atoms with Crippen molar-refractivity contribution in [1.82, 2.24) is 4.90 Å². The molecule has 0 aromatic rings. The van der Waals surface area contributed by atoms with E-state index in [9.17, 15) is 9.59 Å². The molecule has 2 aliphatic heterocycles. The summed E-state index contributed by atoms with van der Waals surface area (Å²) >= 11 is 0.